The molecule has 1 aromatic carbocycles. The lowest BCUT2D eigenvalue weighted by atomic mass is 10.2. The van der Waals surface area contributed by atoms with Crippen LogP contribution in [0.25, 0.3) is 0 Å². The zero-order valence-electron chi connectivity index (χ0n) is 8.87. The number of methoxy groups -OCH3 is 1. The Morgan fingerprint density at radius 1 is 1.62 bits per heavy atom. The second-order valence-electron chi connectivity index (χ2n) is 3.24. The Morgan fingerprint density at radius 2 is 2.31 bits per heavy atom. The molecule has 0 saturated carbocycles. The summed E-state index contributed by atoms with van der Waals surface area (Å²) in [6.45, 7) is 0.279. The molecule has 1 unspecified atom stereocenters. The molecule has 1 rings (SSSR count). The molecule has 1 atom stereocenters. The van der Waals surface area contributed by atoms with Crippen molar-refractivity contribution in [3.05, 3.63) is 22.7 Å². The molecule has 0 aromatic heterocycles. The Balaban J connectivity index is 2.69. The number of nitrogens with two attached hydrogens (primary N) is 2. The molecule has 88 valence electrons. The Hall–Kier alpha value is -1.27. The smallest absolute Gasteiger partial charge is 0.236 e. The second-order valence-corrected chi connectivity index (χ2v) is 4.09. The SMILES string of the molecule is COc1ccc(Br)c(NCC(N)C(N)=O)c1. The number of primary amides is 1. The molecule has 16 heavy (non-hydrogen) atoms. The van der Waals surface area contributed by atoms with Gasteiger partial charge in [-0.15, -0.1) is 0 Å². The summed E-state index contributed by atoms with van der Waals surface area (Å²) in [5, 5.41) is 3.02. The van der Waals surface area contributed by atoms with E-state index in [2.05, 4.69) is 21.2 Å². The fourth-order valence-corrected chi connectivity index (χ4v) is 1.47. The fraction of sp³-hybridized carbons (Fsp3) is 0.300. The van der Waals surface area contributed by atoms with Gasteiger partial charge in [-0.05, 0) is 28.1 Å². The van der Waals surface area contributed by atoms with E-state index in [9.17, 15) is 4.79 Å². The zero-order valence-corrected chi connectivity index (χ0v) is 10.5. The van der Waals surface area contributed by atoms with E-state index < -0.39 is 11.9 Å². The second kappa shape index (κ2) is 5.72. The van der Waals surface area contributed by atoms with Crippen LogP contribution in [-0.2, 0) is 4.79 Å². The minimum absolute atomic E-state index is 0.279. The number of anilines is 1. The van der Waals surface area contributed by atoms with E-state index >= 15 is 0 Å². The normalized spacial score (nSPS) is 11.9. The van der Waals surface area contributed by atoms with Crippen LogP contribution >= 0.6 is 15.9 Å². The number of nitrogens with one attached hydrogen (secondary N) is 1. The number of amides is 1. The zero-order chi connectivity index (χ0) is 12.1. The Labute approximate surface area is 102 Å². The summed E-state index contributed by atoms with van der Waals surface area (Å²) in [5.41, 5.74) is 11.4. The van der Waals surface area contributed by atoms with Crippen molar-refractivity contribution < 1.29 is 9.53 Å². The molecule has 5 nitrogen and oxygen atoms in total. The van der Waals surface area contributed by atoms with Crippen molar-refractivity contribution in [2.45, 2.75) is 6.04 Å². The molecule has 0 spiro atoms. The molecule has 0 aliphatic rings. The van der Waals surface area contributed by atoms with E-state index in [-0.39, 0.29) is 6.54 Å². The van der Waals surface area contributed by atoms with Crippen LogP contribution in [0.1, 0.15) is 0 Å². The van der Waals surface area contributed by atoms with Crippen LogP contribution in [0.4, 0.5) is 5.69 Å². The molecule has 0 bridgehead atoms. The highest BCUT2D eigenvalue weighted by Gasteiger charge is 2.09. The Bertz CT molecular complexity index is 384. The topological polar surface area (TPSA) is 90.4 Å². The largest absolute Gasteiger partial charge is 0.497 e. The number of hydrogen-bond acceptors (Lipinski definition) is 4. The maximum Gasteiger partial charge on any atom is 0.236 e. The average Bonchev–Trinajstić information content (AvgIpc) is 2.27. The summed E-state index contributed by atoms with van der Waals surface area (Å²) >= 11 is 3.37. The van der Waals surface area contributed by atoms with Crippen molar-refractivity contribution in [3.8, 4) is 5.75 Å². The van der Waals surface area contributed by atoms with Gasteiger partial charge in [-0.3, -0.25) is 4.79 Å². The standard InChI is InChI=1S/C10H14BrN3O2/c1-16-6-2-3-7(11)9(4-6)14-5-8(12)10(13)15/h2-4,8,14H,5,12H2,1H3,(H2,13,15). The number of rotatable bonds is 5. The van der Waals surface area contributed by atoms with Gasteiger partial charge in [-0.2, -0.15) is 0 Å². The number of carbonyl (C=O) groups is 1. The molecule has 6 heteroatoms. The van der Waals surface area contributed by atoms with Gasteiger partial charge in [0.2, 0.25) is 5.91 Å². The number of carbonyl (C=O) groups excluding carboxylic acids is 1. The maximum atomic E-state index is 10.7. The van der Waals surface area contributed by atoms with Gasteiger partial charge in [-0.25, -0.2) is 0 Å². The van der Waals surface area contributed by atoms with Gasteiger partial charge in [0.15, 0.2) is 0 Å². The first-order valence-corrected chi connectivity index (χ1v) is 5.46. The van der Waals surface area contributed by atoms with E-state index in [1.54, 1.807) is 13.2 Å². The average molecular weight is 288 g/mol. The molecule has 1 aromatic rings. The lowest BCUT2D eigenvalue weighted by Crippen LogP contribution is -2.41. The number of benzene rings is 1. The summed E-state index contributed by atoms with van der Waals surface area (Å²) in [7, 11) is 1.59. The van der Waals surface area contributed by atoms with Crippen LogP contribution in [0.3, 0.4) is 0 Å². The van der Waals surface area contributed by atoms with Crippen molar-refractivity contribution in [1.82, 2.24) is 0 Å². The van der Waals surface area contributed by atoms with Gasteiger partial charge in [0, 0.05) is 17.1 Å². The van der Waals surface area contributed by atoms with Gasteiger partial charge in [0.1, 0.15) is 11.8 Å². The van der Waals surface area contributed by atoms with Crippen LogP contribution in [0.2, 0.25) is 0 Å². The third kappa shape index (κ3) is 3.39. The van der Waals surface area contributed by atoms with Crippen LogP contribution in [0.15, 0.2) is 22.7 Å². The number of ether oxygens (including phenoxy) is 1. The minimum Gasteiger partial charge on any atom is -0.497 e. The van der Waals surface area contributed by atoms with Gasteiger partial charge >= 0.3 is 0 Å². The van der Waals surface area contributed by atoms with E-state index in [1.807, 2.05) is 12.1 Å². The fourth-order valence-electron chi connectivity index (χ4n) is 1.09. The van der Waals surface area contributed by atoms with Crippen LogP contribution in [0.5, 0.6) is 5.75 Å². The van der Waals surface area contributed by atoms with Gasteiger partial charge in [-0.1, -0.05) is 0 Å². The maximum absolute atomic E-state index is 10.7. The molecule has 0 saturated heterocycles. The molecule has 0 fully saturated rings. The molecule has 0 heterocycles. The molecular formula is C10H14BrN3O2. The first kappa shape index (κ1) is 12.8. The van der Waals surface area contributed by atoms with Crippen molar-refractivity contribution in [2.24, 2.45) is 11.5 Å². The van der Waals surface area contributed by atoms with Crippen molar-refractivity contribution in [3.63, 3.8) is 0 Å². The lowest BCUT2D eigenvalue weighted by Gasteiger charge is -2.12. The summed E-state index contributed by atoms with van der Waals surface area (Å²) < 4.78 is 5.95. The minimum atomic E-state index is -0.710. The Morgan fingerprint density at radius 3 is 2.88 bits per heavy atom. The van der Waals surface area contributed by atoms with Crippen molar-refractivity contribution >= 4 is 27.5 Å². The summed E-state index contributed by atoms with van der Waals surface area (Å²) in [6, 6.07) is 4.76. The highest BCUT2D eigenvalue weighted by molar-refractivity contribution is 9.10. The first-order chi connectivity index (χ1) is 7.54. The molecule has 1 amide bonds. The third-order valence-corrected chi connectivity index (χ3v) is 2.74. The van der Waals surface area contributed by atoms with Gasteiger partial charge < -0.3 is 21.5 Å². The van der Waals surface area contributed by atoms with Gasteiger partial charge in [0.25, 0.3) is 0 Å². The summed E-state index contributed by atoms with van der Waals surface area (Å²) in [4.78, 5) is 10.7. The van der Waals surface area contributed by atoms with E-state index in [1.165, 1.54) is 0 Å². The molecule has 0 aliphatic carbocycles. The predicted molar refractivity (Wildman–Crippen MR) is 66.4 cm³/mol. The summed E-state index contributed by atoms with van der Waals surface area (Å²) in [5.74, 6) is 0.185. The lowest BCUT2D eigenvalue weighted by molar-refractivity contribution is -0.118. The van der Waals surface area contributed by atoms with Gasteiger partial charge in [0.05, 0.1) is 12.8 Å². The predicted octanol–water partition coefficient (Wildman–Crippen LogP) is 0.682. The van der Waals surface area contributed by atoms with Crippen LogP contribution in [-0.4, -0.2) is 25.6 Å². The van der Waals surface area contributed by atoms with E-state index in [0.717, 1.165) is 15.9 Å². The molecule has 0 aliphatic heterocycles. The third-order valence-electron chi connectivity index (χ3n) is 2.05. The number of hydrogen-bond donors (Lipinski definition) is 3. The quantitative estimate of drug-likeness (QED) is 0.743. The highest BCUT2D eigenvalue weighted by atomic mass is 79.9. The Kier molecular flexibility index (Phi) is 4.57. The van der Waals surface area contributed by atoms with Crippen LogP contribution in [0, 0.1) is 0 Å². The van der Waals surface area contributed by atoms with Crippen molar-refractivity contribution in [2.75, 3.05) is 19.0 Å². The molecule has 0 radical (unpaired) electrons. The van der Waals surface area contributed by atoms with E-state index in [0.29, 0.717) is 0 Å². The monoisotopic (exact) mass is 287 g/mol. The molecule has 5 N–H and O–H groups in total. The highest BCUT2D eigenvalue weighted by Crippen LogP contribution is 2.26. The van der Waals surface area contributed by atoms with Crippen LogP contribution < -0.4 is 21.5 Å². The summed E-state index contributed by atoms with van der Waals surface area (Å²) in [6.07, 6.45) is 0. The van der Waals surface area contributed by atoms with Crippen molar-refractivity contribution in [1.29, 1.82) is 0 Å². The first-order valence-electron chi connectivity index (χ1n) is 4.67. The van der Waals surface area contributed by atoms with E-state index in [4.69, 9.17) is 16.2 Å². The number of halogens is 1. The molecular weight excluding hydrogens is 274 g/mol.